The van der Waals surface area contributed by atoms with Gasteiger partial charge >= 0.3 is 0 Å². The minimum absolute atomic E-state index is 0.179. The second-order valence-electron chi connectivity index (χ2n) is 4.28. The van der Waals surface area contributed by atoms with E-state index in [9.17, 15) is 4.79 Å². The molecule has 0 aliphatic heterocycles. The zero-order chi connectivity index (χ0) is 14.5. The molecule has 2 rings (SSSR count). The van der Waals surface area contributed by atoms with Gasteiger partial charge in [0.15, 0.2) is 0 Å². The minimum Gasteiger partial charge on any atom is -0.399 e. The summed E-state index contributed by atoms with van der Waals surface area (Å²) < 4.78 is 0. The van der Waals surface area contributed by atoms with Crippen LogP contribution in [0.4, 0.5) is 11.4 Å². The van der Waals surface area contributed by atoms with Crippen molar-refractivity contribution in [1.29, 1.82) is 5.26 Å². The number of carbonyl (C=O) groups excluding carboxylic acids is 1. The molecule has 1 amide bonds. The molecule has 0 spiro atoms. The second-order valence-corrected chi connectivity index (χ2v) is 4.68. The van der Waals surface area contributed by atoms with Gasteiger partial charge in [0, 0.05) is 11.4 Å². The van der Waals surface area contributed by atoms with Crippen molar-refractivity contribution in [3.63, 3.8) is 0 Å². The van der Waals surface area contributed by atoms with Crippen molar-refractivity contribution in [1.82, 2.24) is 0 Å². The van der Waals surface area contributed by atoms with E-state index in [1.807, 2.05) is 12.1 Å². The van der Waals surface area contributed by atoms with E-state index >= 15 is 0 Å². The summed E-state index contributed by atoms with van der Waals surface area (Å²) in [7, 11) is 0. The Morgan fingerprint density at radius 2 is 2.10 bits per heavy atom. The predicted octanol–water partition coefficient (Wildman–Crippen LogP) is 2.98. The van der Waals surface area contributed by atoms with Crippen molar-refractivity contribution in [3.05, 3.63) is 58.6 Å². The maximum atomic E-state index is 11.9. The quantitative estimate of drug-likeness (QED) is 0.851. The summed E-state index contributed by atoms with van der Waals surface area (Å²) >= 11 is 5.83. The highest BCUT2D eigenvalue weighted by Gasteiger charge is 2.06. The SMILES string of the molecule is N#Cc1cc(NC(=O)Cc2cccc(N)c2)ccc1Cl. The summed E-state index contributed by atoms with van der Waals surface area (Å²) in [6.07, 6.45) is 0.218. The maximum absolute atomic E-state index is 11.9. The van der Waals surface area contributed by atoms with E-state index in [1.54, 1.807) is 36.4 Å². The number of rotatable bonds is 3. The highest BCUT2D eigenvalue weighted by Crippen LogP contribution is 2.20. The molecule has 3 N–H and O–H groups in total. The first-order valence-electron chi connectivity index (χ1n) is 5.92. The summed E-state index contributed by atoms with van der Waals surface area (Å²) in [6, 6.07) is 13.9. The Balaban J connectivity index is 2.07. The van der Waals surface area contributed by atoms with Gasteiger partial charge in [-0.05, 0) is 35.9 Å². The number of nitrogens with two attached hydrogens (primary N) is 1. The molecule has 0 aliphatic rings. The van der Waals surface area contributed by atoms with Crippen LogP contribution in [0.25, 0.3) is 0 Å². The summed E-state index contributed by atoms with van der Waals surface area (Å²) in [5.41, 5.74) is 7.98. The molecule has 0 aliphatic carbocycles. The summed E-state index contributed by atoms with van der Waals surface area (Å²) in [5, 5.41) is 12.0. The van der Waals surface area contributed by atoms with Crippen LogP contribution < -0.4 is 11.1 Å². The molecule has 0 atom stereocenters. The lowest BCUT2D eigenvalue weighted by Gasteiger charge is -2.07. The number of nitrogen functional groups attached to an aromatic ring is 1. The fourth-order valence-electron chi connectivity index (χ4n) is 1.78. The average molecular weight is 286 g/mol. The molecule has 2 aromatic carbocycles. The third-order valence-electron chi connectivity index (χ3n) is 2.69. The number of hydrogen-bond acceptors (Lipinski definition) is 3. The fraction of sp³-hybridized carbons (Fsp3) is 0.0667. The zero-order valence-corrected chi connectivity index (χ0v) is 11.3. The summed E-state index contributed by atoms with van der Waals surface area (Å²) in [6.45, 7) is 0. The smallest absolute Gasteiger partial charge is 0.228 e. The van der Waals surface area contributed by atoms with Gasteiger partial charge in [-0.1, -0.05) is 23.7 Å². The van der Waals surface area contributed by atoms with Crippen LogP contribution in [0.5, 0.6) is 0 Å². The molecule has 0 aromatic heterocycles. The van der Waals surface area contributed by atoms with E-state index in [4.69, 9.17) is 22.6 Å². The molecular weight excluding hydrogens is 274 g/mol. The van der Waals surface area contributed by atoms with Gasteiger partial charge in [-0.3, -0.25) is 4.79 Å². The largest absolute Gasteiger partial charge is 0.399 e. The molecule has 0 saturated carbocycles. The lowest BCUT2D eigenvalue weighted by Crippen LogP contribution is -2.14. The number of amides is 1. The molecule has 0 radical (unpaired) electrons. The van der Waals surface area contributed by atoms with Crippen LogP contribution >= 0.6 is 11.6 Å². The Morgan fingerprint density at radius 1 is 1.30 bits per heavy atom. The lowest BCUT2D eigenvalue weighted by molar-refractivity contribution is -0.115. The van der Waals surface area contributed by atoms with E-state index in [-0.39, 0.29) is 12.3 Å². The molecular formula is C15H12ClN3O. The molecule has 0 unspecified atom stereocenters. The topological polar surface area (TPSA) is 78.9 Å². The molecule has 100 valence electrons. The van der Waals surface area contributed by atoms with Crippen LogP contribution in [0.1, 0.15) is 11.1 Å². The van der Waals surface area contributed by atoms with Gasteiger partial charge in [-0.2, -0.15) is 5.26 Å². The van der Waals surface area contributed by atoms with Crippen molar-refractivity contribution in [2.75, 3.05) is 11.1 Å². The average Bonchev–Trinajstić information content (AvgIpc) is 2.41. The van der Waals surface area contributed by atoms with Crippen molar-refractivity contribution in [3.8, 4) is 6.07 Å². The number of benzene rings is 2. The Morgan fingerprint density at radius 3 is 2.80 bits per heavy atom. The first-order chi connectivity index (χ1) is 9.58. The number of nitrogens with one attached hydrogen (secondary N) is 1. The van der Waals surface area contributed by atoms with Crippen molar-refractivity contribution in [2.45, 2.75) is 6.42 Å². The third-order valence-corrected chi connectivity index (χ3v) is 3.02. The van der Waals surface area contributed by atoms with Crippen LogP contribution in [0.2, 0.25) is 5.02 Å². The van der Waals surface area contributed by atoms with Gasteiger partial charge in [0.25, 0.3) is 0 Å². The third kappa shape index (κ3) is 3.50. The maximum Gasteiger partial charge on any atom is 0.228 e. The zero-order valence-electron chi connectivity index (χ0n) is 10.6. The van der Waals surface area contributed by atoms with E-state index in [0.29, 0.717) is 22.0 Å². The van der Waals surface area contributed by atoms with Gasteiger partial charge in [-0.15, -0.1) is 0 Å². The van der Waals surface area contributed by atoms with E-state index in [2.05, 4.69) is 5.32 Å². The number of nitriles is 1. The van der Waals surface area contributed by atoms with E-state index in [1.165, 1.54) is 0 Å². The number of anilines is 2. The first kappa shape index (κ1) is 13.9. The predicted molar refractivity (Wildman–Crippen MR) is 79.4 cm³/mol. The monoisotopic (exact) mass is 285 g/mol. The highest BCUT2D eigenvalue weighted by atomic mass is 35.5. The number of carbonyl (C=O) groups is 1. The second kappa shape index (κ2) is 6.09. The number of halogens is 1. The van der Waals surface area contributed by atoms with Crippen LogP contribution in [-0.2, 0) is 11.2 Å². The molecule has 0 saturated heterocycles. The standard InChI is InChI=1S/C15H12ClN3O/c16-14-5-4-13(8-11(14)9-17)19-15(20)7-10-2-1-3-12(18)6-10/h1-6,8H,7,18H2,(H,19,20). The minimum atomic E-state index is -0.179. The van der Waals surface area contributed by atoms with Crippen molar-refractivity contribution < 1.29 is 4.79 Å². The Hall–Kier alpha value is -2.51. The van der Waals surface area contributed by atoms with Gasteiger partial charge in [0.1, 0.15) is 6.07 Å². The van der Waals surface area contributed by atoms with E-state index < -0.39 is 0 Å². The molecule has 0 heterocycles. The molecule has 5 heteroatoms. The van der Waals surface area contributed by atoms with Gasteiger partial charge < -0.3 is 11.1 Å². The number of hydrogen-bond donors (Lipinski definition) is 2. The molecule has 0 bridgehead atoms. The summed E-state index contributed by atoms with van der Waals surface area (Å²) in [4.78, 5) is 11.9. The van der Waals surface area contributed by atoms with Gasteiger partial charge in [0.2, 0.25) is 5.91 Å². The van der Waals surface area contributed by atoms with Gasteiger partial charge in [0.05, 0.1) is 17.0 Å². The lowest BCUT2D eigenvalue weighted by atomic mass is 10.1. The first-order valence-corrected chi connectivity index (χ1v) is 6.30. The Kier molecular flexibility index (Phi) is 4.24. The summed E-state index contributed by atoms with van der Waals surface area (Å²) in [5.74, 6) is -0.179. The van der Waals surface area contributed by atoms with Crippen LogP contribution in [0.15, 0.2) is 42.5 Å². The normalized spacial score (nSPS) is 9.80. The van der Waals surface area contributed by atoms with E-state index in [0.717, 1.165) is 5.56 Å². The number of nitrogens with zero attached hydrogens (tertiary/aromatic N) is 1. The van der Waals surface area contributed by atoms with Crippen LogP contribution in [0, 0.1) is 11.3 Å². The fourth-order valence-corrected chi connectivity index (χ4v) is 1.94. The molecule has 2 aromatic rings. The highest BCUT2D eigenvalue weighted by molar-refractivity contribution is 6.31. The van der Waals surface area contributed by atoms with Crippen LogP contribution in [0.3, 0.4) is 0 Å². The molecule has 4 nitrogen and oxygen atoms in total. The van der Waals surface area contributed by atoms with Gasteiger partial charge in [-0.25, -0.2) is 0 Å². The Labute approximate surface area is 121 Å². The van der Waals surface area contributed by atoms with Crippen molar-refractivity contribution >= 4 is 28.9 Å². The molecule has 0 fully saturated rings. The molecule has 20 heavy (non-hydrogen) atoms. The van der Waals surface area contributed by atoms with Crippen molar-refractivity contribution in [2.24, 2.45) is 0 Å². The Bertz CT molecular complexity index is 692. The van der Waals surface area contributed by atoms with Crippen LogP contribution in [-0.4, -0.2) is 5.91 Å².